The average molecular weight is 317 g/mol. The fourth-order valence-corrected chi connectivity index (χ4v) is 3.31. The normalized spacial score (nSPS) is 21.9. The molecule has 0 saturated heterocycles. The number of methoxy groups -OCH3 is 1. The first-order valence-corrected chi connectivity index (χ1v) is 8.82. The van der Waals surface area contributed by atoms with E-state index in [9.17, 15) is 0 Å². The van der Waals surface area contributed by atoms with Crippen LogP contribution < -0.4 is 10.6 Å². The second-order valence-electron chi connectivity index (χ2n) is 6.35. The van der Waals surface area contributed by atoms with Crippen LogP contribution in [0.3, 0.4) is 0 Å². The predicted molar refractivity (Wildman–Crippen MR) is 97.0 cm³/mol. The van der Waals surface area contributed by atoms with Crippen molar-refractivity contribution in [1.82, 2.24) is 10.6 Å². The van der Waals surface area contributed by atoms with Gasteiger partial charge in [0.2, 0.25) is 0 Å². The van der Waals surface area contributed by atoms with E-state index in [1.807, 2.05) is 7.05 Å². The maximum absolute atomic E-state index is 5.06. The van der Waals surface area contributed by atoms with Crippen molar-refractivity contribution in [2.45, 2.75) is 38.0 Å². The molecule has 0 bridgehead atoms. The SMILES string of the molecule is CN=C(NCCCOC)NCC1CCC(c2ccccc2)CC1. The first-order chi connectivity index (χ1) is 11.3. The fourth-order valence-electron chi connectivity index (χ4n) is 3.31. The molecule has 0 aromatic heterocycles. The lowest BCUT2D eigenvalue weighted by Gasteiger charge is -2.29. The zero-order chi connectivity index (χ0) is 16.3. The summed E-state index contributed by atoms with van der Waals surface area (Å²) in [4.78, 5) is 4.29. The molecule has 23 heavy (non-hydrogen) atoms. The van der Waals surface area contributed by atoms with E-state index < -0.39 is 0 Å². The standard InChI is InChI=1S/C19H31N3O/c1-20-19(21-13-6-14-23-2)22-15-16-9-11-18(12-10-16)17-7-4-3-5-8-17/h3-5,7-8,16,18H,6,9-15H2,1-2H3,(H2,20,21,22). The summed E-state index contributed by atoms with van der Waals surface area (Å²) in [6.45, 7) is 2.70. The number of hydrogen-bond acceptors (Lipinski definition) is 2. The van der Waals surface area contributed by atoms with Crippen LogP contribution in [0.1, 0.15) is 43.6 Å². The first kappa shape index (κ1) is 17.8. The number of hydrogen-bond donors (Lipinski definition) is 2. The maximum atomic E-state index is 5.06. The molecule has 1 aromatic carbocycles. The third kappa shape index (κ3) is 6.22. The van der Waals surface area contributed by atoms with Gasteiger partial charge in [-0.2, -0.15) is 0 Å². The van der Waals surface area contributed by atoms with Gasteiger partial charge in [0.1, 0.15) is 0 Å². The van der Waals surface area contributed by atoms with Crippen molar-refractivity contribution in [3.05, 3.63) is 35.9 Å². The molecule has 1 aromatic rings. The molecule has 0 aliphatic heterocycles. The number of rotatable bonds is 7. The molecule has 0 heterocycles. The molecule has 0 spiro atoms. The van der Waals surface area contributed by atoms with Gasteiger partial charge < -0.3 is 15.4 Å². The van der Waals surface area contributed by atoms with E-state index in [1.165, 1.54) is 31.2 Å². The zero-order valence-electron chi connectivity index (χ0n) is 14.6. The Morgan fingerprint density at radius 3 is 2.52 bits per heavy atom. The average Bonchev–Trinajstić information content (AvgIpc) is 2.62. The van der Waals surface area contributed by atoms with Crippen molar-refractivity contribution >= 4 is 5.96 Å². The van der Waals surface area contributed by atoms with Crippen LogP contribution in [-0.4, -0.2) is 39.8 Å². The zero-order valence-corrected chi connectivity index (χ0v) is 14.6. The summed E-state index contributed by atoms with van der Waals surface area (Å²) in [6, 6.07) is 11.0. The molecule has 128 valence electrons. The van der Waals surface area contributed by atoms with Crippen LogP contribution in [0.25, 0.3) is 0 Å². The number of benzene rings is 1. The van der Waals surface area contributed by atoms with Crippen LogP contribution in [0.15, 0.2) is 35.3 Å². The molecule has 1 saturated carbocycles. The smallest absolute Gasteiger partial charge is 0.190 e. The number of ether oxygens (including phenoxy) is 1. The second-order valence-corrected chi connectivity index (χ2v) is 6.35. The van der Waals surface area contributed by atoms with Gasteiger partial charge in [0.05, 0.1) is 0 Å². The monoisotopic (exact) mass is 317 g/mol. The predicted octanol–water partition coefficient (Wildman–Crippen LogP) is 3.16. The van der Waals surface area contributed by atoms with Crippen LogP contribution in [0, 0.1) is 5.92 Å². The van der Waals surface area contributed by atoms with Gasteiger partial charge in [-0.15, -0.1) is 0 Å². The summed E-state index contributed by atoms with van der Waals surface area (Å²) in [7, 11) is 3.57. The van der Waals surface area contributed by atoms with E-state index >= 15 is 0 Å². The van der Waals surface area contributed by atoms with Crippen molar-refractivity contribution in [2.75, 3.05) is 33.9 Å². The molecule has 0 amide bonds. The number of aliphatic imine (C=N–C) groups is 1. The van der Waals surface area contributed by atoms with Crippen molar-refractivity contribution < 1.29 is 4.74 Å². The number of nitrogens with zero attached hydrogens (tertiary/aromatic N) is 1. The van der Waals surface area contributed by atoms with Gasteiger partial charge in [-0.1, -0.05) is 30.3 Å². The van der Waals surface area contributed by atoms with Crippen LogP contribution in [0.4, 0.5) is 0 Å². The third-order valence-electron chi connectivity index (χ3n) is 4.72. The Balaban J connectivity index is 1.65. The Hall–Kier alpha value is -1.55. The molecule has 4 nitrogen and oxygen atoms in total. The summed E-state index contributed by atoms with van der Waals surface area (Å²) >= 11 is 0. The van der Waals surface area contributed by atoms with Crippen molar-refractivity contribution in [3.63, 3.8) is 0 Å². The van der Waals surface area contributed by atoms with Gasteiger partial charge in [0, 0.05) is 33.9 Å². The molecule has 0 radical (unpaired) electrons. The van der Waals surface area contributed by atoms with Gasteiger partial charge in [-0.25, -0.2) is 0 Å². The van der Waals surface area contributed by atoms with Gasteiger partial charge >= 0.3 is 0 Å². The minimum Gasteiger partial charge on any atom is -0.385 e. The van der Waals surface area contributed by atoms with Gasteiger partial charge in [0.15, 0.2) is 5.96 Å². The highest BCUT2D eigenvalue weighted by molar-refractivity contribution is 5.79. The van der Waals surface area contributed by atoms with Crippen LogP contribution in [0.2, 0.25) is 0 Å². The highest BCUT2D eigenvalue weighted by atomic mass is 16.5. The number of nitrogens with one attached hydrogen (secondary N) is 2. The topological polar surface area (TPSA) is 45.7 Å². The second kappa shape index (κ2) is 10.3. The Morgan fingerprint density at radius 1 is 1.13 bits per heavy atom. The number of guanidine groups is 1. The summed E-state index contributed by atoms with van der Waals surface area (Å²) in [5.41, 5.74) is 1.51. The molecule has 2 rings (SSSR count). The highest BCUT2D eigenvalue weighted by Crippen LogP contribution is 2.35. The largest absolute Gasteiger partial charge is 0.385 e. The Morgan fingerprint density at radius 2 is 1.87 bits per heavy atom. The summed E-state index contributed by atoms with van der Waals surface area (Å²) in [6.07, 6.45) is 6.20. The summed E-state index contributed by atoms with van der Waals surface area (Å²) in [5.74, 6) is 2.41. The van der Waals surface area contributed by atoms with Crippen molar-refractivity contribution in [2.24, 2.45) is 10.9 Å². The van der Waals surface area contributed by atoms with Crippen LogP contribution in [0.5, 0.6) is 0 Å². The Bertz CT molecular complexity index is 453. The molecular weight excluding hydrogens is 286 g/mol. The highest BCUT2D eigenvalue weighted by Gasteiger charge is 2.22. The van der Waals surface area contributed by atoms with Gasteiger partial charge in [-0.3, -0.25) is 4.99 Å². The summed E-state index contributed by atoms with van der Waals surface area (Å²) < 4.78 is 5.06. The molecule has 1 fully saturated rings. The molecule has 0 unspecified atom stereocenters. The lowest BCUT2D eigenvalue weighted by Crippen LogP contribution is -2.40. The molecule has 1 aliphatic rings. The molecule has 0 atom stereocenters. The lowest BCUT2D eigenvalue weighted by atomic mass is 9.79. The van der Waals surface area contributed by atoms with E-state index in [4.69, 9.17) is 4.74 Å². The first-order valence-electron chi connectivity index (χ1n) is 8.82. The van der Waals surface area contributed by atoms with E-state index in [2.05, 4.69) is 46.0 Å². The summed E-state index contributed by atoms with van der Waals surface area (Å²) in [5, 5.41) is 6.81. The minimum atomic E-state index is 0.749. The van der Waals surface area contributed by atoms with E-state index in [1.54, 1.807) is 7.11 Å². The molecule has 1 aliphatic carbocycles. The molecular formula is C19H31N3O. The fraction of sp³-hybridized carbons (Fsp3) is 0.632. The maximum Gasteiger partial charge on any atom is 0.190 e. The minimum absolute atomic E-state index is 0.749. The Labute approximate surface area is 140 Å². The van der Waals surface area contributed by atoms with Crippen molar-refractivity contribution in [3.8, 4) is 0 Å². The van der Waals surface area contributed by atoms with E-state index in [-0.39, 0.29) is 0 Å². The Kier molecular flexibility index (Phi) is 7.95. The molecule has 4 heteroatoms. The molecule has 2 N–H and O–H groups in total. The lowest BCUT2D eigenvalue weighted by molar-refractivity contribution is 0.195. The van der Waals surface area contributed by atoms with Gasteiger partial charge in [-0.05, 0) is 49.5 Å². The third-order valence-corrected chi connectivity index (χ3v) is 4.72. The van der Waals surface area contributed by atoms with Crippen LogP contribution >= 0.6 is 0 Å². The van der Waals surface area contributed by atoms with Gasteiger partial charge in [0.25, 0.3) is 0 Å². The van der Waals surface area contributed by atoms with Crippen molar-refractivity contribution in [1.29, 1.82) is 0 Å². The quantitative estimate of drug-likeness (QED) is 0.461. The van der Waals surface area contributed by atoms with Crippen LogP contribution in [-0.2, 0) is 4.74 Å². The van der Waals surface area contributed by atoms with E-state index in [0.29, 0.717) is 0 Å². The van der Waals surface area contributed by atoms with E-state index in [0.717, 1.165) is 43.9 Å².